The maximum atomic E-state index is 12.8. The van der Waals surface area contributed by atoms with Gasteiger partial charge in [-0.25, -0.2) is 8.78 Å². The van der Waals surface area contributed by atoms with Crippen LogP contribution in [-0.2, 0) is 11.3 Å². The third kappa shape index (κ3) is 4.61. The zero-order chi connectivity index (χ0) is 19.6. The number of carbonyl (C=O) groups is 2. The molecule has 0 fully saturated rings. The number of aliphatic hydroxyl groups excluding tert-OH is 1. The SMILES string of the molecule is CC1CC(=O)C(C(=O)c2ccc(Cl)c(CN(C)CC(F)F)c2Cl)=C(O)C1. The van der Waals surface area contributed by atoms with Crippen LogP contribution in [0.4, 0.5) is 8.78 Å². The summed E-state index contributed by atoms with van der Waals surface area (Å²) in [6, 6.07) is 2.80. The van der Waals surface area contributed by atoms with Gasteiger partial charge in [-0.2, -0.15) is 0 Å². The Morgan fingerprint density at radius 2 is 2.00 bits per heavy atom. The first-order valence-electron chi connectivity index (χ1n) is 8.05. The van der Waals surface area contributed by atoms with E-state index in [1.54, 1.807) is 0 Å². The van der Waals surface area contributed by atoms with Gasteiger partial charge in [-0.3, -0.25) is 14.5 Å². The molecular weight excluding hydrogens is 387 g/mol. The number of hydrogen-bond acceptors (Lipinski definition) is 4. The van der Waals surface area contributed by atoms with Crippen molar-refractivity contribution in [3.63, 3.8) is 0 Å². The summed E-state index contributed by atoms with van der Waals surface area (Å²) >= 11 is 12.4. The number of halogens is 4. The Morgan fingerprint density at radius 3 is 2.58 bits per heavy atom. The average Bonchev–Trinajstić information content (AvgIpc) is 2.49. The largest absolute Gasteiger partial charge is 0.511 e. The van der Waals surface area contributed by atoms with Gasteiger partial charge in [0.2, 0.25) is 5.78 Å². The van der Waals surface area contributed by atoms with E-state index in [-0.39, 0.29) is 52.2 Å². The third-order valence-electron chi connectivity index (χ3n) is 4.18. The molecule has 1 unspecified atom stereocenters. The number of aliphatic hydroxyl groups is 1. The molecule has 1 aromatic rings. The topological polar surface area (TPSA) is 57.6 Å². The van der Waals surface area contributed by atoms with E-state index in [4.69, 9.17) is 23.2 Å². The van der Waals surface area contributed by atoms with Crippen LogP contribution in [0.3, 0.4) is 0 Å². The number of alkyl halides is 2. The van der Waals surface area contributed by atoms with Gasteiger partial charge in [-0.05, 0) is 25.1 Å². The lowest BCUT2D eigenvalue weighted by Gasteiger charge is -2.21. The summed E-state index contributed by atoms with van der Waals surface area (Å²) in [5.41, 5.74) is 0.0687. The van der Waals surface area contributed by atoms with E-state index in [9.17, 15) is 23.5 Å². The Hall–Kier alpha value is -1.50. The van der Waals surface area contributed by atoms with Crippen molar-refractivity contribution in [3.05, 3.63) is 44.6 Å². The van der Waals surface area contributed by atoms with Crippen LogP contribution in [0.15, 0.2) is 23.5 Å². The molecule has 0 aromatic heterocycles. The van der Waals surface area contributed by atoms with Gasteiger partial charge < -0.3 is 5.11 Å². The van der Waals surface area contributed by atoms with Crippen molar-refractivity contribution >= 4 is 34.8 Å². The molecule has 0 aliphatic heterocycles. The molecule has 4 nitrogen and oxygen atoms in total. The molecule has 2 rings (SSSR count). The summed E-state index contributed by atoms with van der Waals surface area (Å²) in [4.78, 5) is 26.3. The van der Waals surface area contributed by atoms with Crippen LogP contribution in [0.2, 0.25) is 10.0 Å². The average molecular weight is 406 g/mol. The fraction of sp³-hybridized carbons (Fsp3) is 0.444. The molecule has 0 heterocycles. The highest BCUT2D eigenvalue weighted by Gasteiger charge is 2.32. The maximum Gasteiger partial charge on any atom is 0.251 e. The zero-order valence-corrected chi connectivity index (χ0v) is 15.9. The van der Waals surface area contributed by atoms with Crippen molar-refractivity contribution in [1.82, 2.24) is 4.90 Å². The Morgan fingerprint density at radius 1 is 1.35 bits per heavy atom. The van der Waals surface area contributed by atoms with Gasteiger partial charge in [0.1, 0.15) is 11.3 Å². The second kappa shape index (κ2) is 8.46. The van der Waals surface area contributed by atoms with Crippen LogP contribution >= 0.6 is 23.2 Å². The van der Waals surface area contributed by atoms with Crippen LogP contribution in [0.25, 0.3) is 0 Å². The minimum Gasteiger partial charge on any atom is -0.511 e. The van der Waals surface area contributed by atoms with Gasteiger partial charge >= 0.3 is 0 Å². The molecule has 0 spiro atoms. The molecule has 0 saturated heterocycles. The second-order valence-electron chi connectivity index (χ2n) is 6.56. The minimum atomic E-state index is -2.52. The minimum absolute atomic E-state index is 0.00432. The number of ketones is 2. The lowest BCUT2D eigenvalue weighted by molar-refractivity contribution is -0.116. The summed E-state index contributed by atoms with van der Waals surface area (Å²) in [5, 5.41) is 10.3. The van der Waals surface area contributed by atoms with E-state index < -0.39 is 24.5 Å². The molecule has 0 saturated carbocycles. The quantitative estimate of drug-likeness (QED) is 0.551. The van der Waals surface area contributed by atoms with E-state index in [1.807, 2.05) is 6.92 Å². The van der Waals surface area contributed by atoms with Crippen LogP contribution in [0, 0.1) is 5.92 Å². The monoisotopic (exact) mass is 405 g/mol. The molecule has 1 aromatic carbocycles. The van der Waals surface area contributed by atoms with Crippen molar-refractivity contribution in [2.24, 2.45) is 5.92 Å². The summed E-state index contributed by atoms with van der Waals surface area (Å²) in [7, 11) is 1.48. The molecule has 1 aliphatic carbocycles. The van der Waals surface area contributed by atoms with Gasteiger partial charge in [0, 0.05) is 35.5 Å². The van der Waals surface area contributed by atoms with E-state index >= 15 is 0 Å². The van der Waals surface area contributed by atoms with Crippen molar-refractivity contribution < 1.29 is 23.5 Å². The van der Waals surface area contributed by atoms with E-state index in [0.717, 1.165) is 0 Å². The van der Waals surface area contributed by atoms with Crippen molar-refractivity contribution in [3.8, 4) is 0 Å². The van der Waals surface area contributed by atoms with Crippen LogP contribution in [0.1, 0.15) is 35.7 Å². The molecular formula is C18H19Cl2F2NO3. The van der Waals surface area contributed by atoms with Crippen molar-refractivity contribution in [1.29, 1.82) is 0 Å². The zero-order valence-electron chi connectivity index (χ0n) is 14.4. The molecule has 1 atom stereocenters. The number of Topliss-reactive ketones (excluding diaryl/α,β-unsaturated/α-hetero) is 2. The first-order valence-corrected chi connectivity index (χ1v) is 8.81. The van der Waals surface area contributed by atoms with Gasteiger partial charge in [0.05, 0.1) is 11.6 Å². The Bertz CT molecular complexity index is 765. The Labute approximate surface area is 160 Å². The van der Waals surface area contributed by atoms with Crippen LogP contribution in [-0.4, -0.2) is 41.6 Å². The number of hydrogen-bond donors (Lipinski definition) is 1. The fourth-order valence-corrected chi connectivity index (χ4v) is 3.54. The number of rotatable bonds is 6. The summed E-state index contributed by atoms with van der Waals surface area (Å²) < 4.78 is 25.0. The standard InChI is InChI=1S/C18H19Cl2F2NO3/c1-9-5-13(24)16(14(25)6-9)18(26)10-3-4-12(19)11(17(10)20)7-23(2)8-15(21)22/h3-4,9,15,24H,5-8H2,1-2H3. The highest BCUT2D eigenvalue weighted by atomic mass is 35.5. The van der Waals surface area contributed by atoms with Crippen molar-refractivity contribution in [2.45, 2.75) is 32.7 Å². The van der Waals surface area contributed by atoms with Crippen LogP contribution in [0.5, 0.6) is 0 Å². The molecule has 1 aliphatic rings. The predicted molar refractivity (Wildman–Crippen MR) is 96.2 cm³/mol. The lowest BCUT2D eigenvalue weighted by Crippen LogP contribution is -2.25. The first kappa shape index (κ1) is 20.8. The molecule has 0 amide bonds. The summed E-state index contributed by atoms with van der Waals surface area (Å²) in [5.74, 6) is -1.41. The van der Waals surface area contributed by atoms with Gasteiger partial charge in [-0.1, -0.05) is 30.1 Å². The Kier molecular flexibility index (Phi) is 6.77. The fourth-order valence-electron chi connectivity index (χ4n) is 2.96. The number of nitrogens with zero attached hydrogens (tertiary/aromatic N) is 1. The summed E-state index contributed by atoms with van der Waals surface area (Å²) in [6.07, 6.45) is -2.12. The number of benzene rings is 1. The normalized spacial score (nSPS) is 18.2. The molecule has 8 heteroatoms. The number of carbonyl (C=O) groups excluding carboxylic acids is 2. The third-order valence-corrected chi connectivity index (χ3v) is 4.96. The smallest absolute Gasteiger partial charge is 0.251 e. The highest BCUT2D eigenvalue weighted by Crippen LogP contribution is 2.33. The first-order chi connectivity index (χ1) is 12.1. The second-order valence-corrected chi connectivity index (χ2v) is 7.35. The van der Waals surface area contributed by atoms with E-state index in [2.05, 4.69) is 0 Å². The van der Waals surface area contributed by atoms with E-state index in [0.29, 0.717) is 5.56 Å². The molecule has 1 N–H and O–H groups in total. The van der Waals surface area contributed by atoms with Gasteiger partial charge in [0.15, 0.2) is 5.78 Å². The Balaban J connectivity index is 2.39. The molecule has 0 bridgehead atoms. The maximum absolute atomic E-state index is 12.8. The predicted octanol–water partition coefficient (Wildman–Crippen LogP) is 4.68. The molecule has 26 heavy (non-hydrogen) atoms. The molecule has 0 radical (unpaired) electrons. The van der Waals surface area contributed by atoms with Crippen molar-refractivity contribution in [2.75, 3.05) is 13.6 Å². The summed E-state index contributed by atoms with van der Waals surface area (Å²) in [6.45, 7) is 1.34. The van der Waals surface area contributed by atoms with Gasteiger partial charge in [0.25, 0.3) is 6.43 Å². The number of allylic oxidation sites excluding steroid dienone is 2. The molecule has 142 valence electrons. The highest BCUT2D eigenvalue weighted by molar-refractivity contribution is 6.40. The lowest BCUT2D eigenvalue weighted by atomic mass is 9.85. The van der Waals surface area contributed by atoms with Gasteiger partial charge in [-0.15, -0.1) is 0 Å². The van der Waals surface area contributed by atoms with Crippen LogP contribution < -0.4 is 0 Å². The van der Waals surface area contributed by atoms with E-state index in [1.165, 1.54) is 24.1 Å².